The zero-order valence-corrected chi connectivity index (χ0v) is 13.6. The molecule has 0 amide bonds. The van der Waals surface area contributed by atoms with Crippen LogP contribution in [0, 0.1) is 5.92 Å². The molecule has 0 saturated heterocycles. The van der Waals surface area contributed by atoms with Gasteiger partial charge in [0, 0.05) is 5.56 Å². The van der Waals surface area contributed by atoms with Crippen LogP contribution in [0.1, 0.15) is 48.3 Å². The van der Waals surface area contributed by atoms with Crippen LogP contribution in [0.15, 0.2) is 42.5 Å². The molecule has 1 aliphatic rings. The van der Waals surface area contributed by atoms with Crippen LogP contribution in [-0.4, -0.2) is 16.8 Å². The molecule has 0 radical (unpaired) electrons. The van der Waals surface area contributed by atoms with Crippen molar-refractivity contribution in [1.29, 1.82) is 0 Å². The summed E-state index contributed by atoms with van der Waals surface area (Å²) in [5.74, 6) is 0.987. The van der Waals surface area contributed by atoms with E-state index in [1.54, 1.807) is 6.07 Å². The molecule has 4 N–H and O–H groups in total. The van der Waals surface area contributed by atoms with Crippen molar-refractivity contribution in [1.82, 2.24) is 0 Å². The van der Waals surface area contributed by atoms with Crippen molar-refractivity contribution in [2.45, 2.75) is 38.0 Å². The summed E-state index contributed by atoms with van der Waals surface area (Å²) in [6, 6.07) is 14.0. The van der Waals surface area contributed by atoms with E-state index < -0.39 is 0 Å². The van der Waals surface area contributed by atoms with Gasteiger partial charge in [-0.2, -0.15) is 0 Å². The Kier molecular flexibility index (Phi) is 4.58. The maximum atomic E-state index is 10.3. The van der Waals surface area contributed by atoms with Crippen LogP contribution >= 0.6 is 0 Å². The summed E-state index contributed by atoms with van der Waals surface area (Å²) in [4.78, 5) is 0. The van der Waals surface area contributed by atoms with Crippen molar-refractivity contribution in [3.8, 4) is 11.5 Å². The van der Waals surface area contributed by atoms with Crippen LogP contribution in [0.3, 0.4) is 0 Å². The van der Waals surface area contributed by atoms with E-state index in [9.17, 15) is 10.2 Å². The van der Waals surface area contributed by atoms with Gasteiger partial charge in [-0.15, -0.1) is 0 Å². The van der Waals surface area contributed by atoms with Gasteiger partial charge in [0.05, 0.1) is 0 Å². The highest BCUT2D eigenvalue weighted by molar-refractivity contribution is 5.53. The minimum absolute atomic E-state index is 0.0248. The van der Waals surface area contributed by atoms with Gasteiger partial charge >= 0.3 is 0 Å². The maximum absolute atomic E-state index is 10.3. The molecule has 0 aliphatic heterocycles. The monoisotopic (exact) mass is 311 g/mol. The molecule has 3 atom stereocenters. The molecule has 1 aliphatic carbocycles. The summed E-state index contributed by atoms with van der Waals surface area (Å²) in [7, 11) is 0. The average molecular weight is 311 g/mol. The fourth-order valence-electron chi connectivity index (χ4n) is 4.19. The molecule has 3 heteroatoms. The van der Waals surface area contributed by atoms with Crippen molar-refractivity contribution in [2.75, 3.05) is 6.54 Å². The molecule has 3 unspecified atom stereocenters. The van der Waals surface area contributed by atoms with Gasteiger partial charge in [-0.05, 0) is 54.3 Å². The van der Waals surface area contributed by atoms with Crippen molar-refractivity contribution in [3.63, 3.8) is 0 Å². The van der Waals surface area contributed by atoms with E-state index in [0.29, 0.717) is 18.4 Å². The predicted octanol–water partition coefficient (Wildman–Crippen LogP) is 3.90. The Labute approximate surface area is 137 Å². The summed E-state index contributed by atoms with van der Waals surface area (Å²) >= 11 is 0. The second-order valence-corrected chi connectivity index (χ2v) is 6.52. The molecule has 0 aromatic heterocycles. The maximum Gasteiger partial charge on any atom is 0.160 e. The highest BCUT2D eigenvalue weighted by Crippen LogP contribution is 2.50. The normalized spacial score (nSPS) is 23.5. The van der Waals surface area contributed by atoms with Gasteiger partial charge in [0.1, 0.15) is 0 Å². The number of aromatic hydroxyl groups is 2. The van der Waals surface area contributed by atoms with Crippen molar-refractivity contribution < 1.29 is 10.2 Å². The number of fused-ring (bicyclic) bond motifs is 1. The van der Waals surface area contributed by atoms with E-state index in [1.807, 2.05) is 12.1 Å². The first-order chi connectivity index (χ1) is 11.2. The molecular weight excluding hydrogens is 286 g/mol. The van der Waals surface area contributed by atoms with Gasteiger partial charge in [0.15, 0.2) is 11.5 Å². The van der Waals surface area contributed by atoms with E-state index >= 15 is 0 Å². The minimum Gasteiger partial charge on any atom is -0.504 e. The third-order valence-electron chi connectivity index (χ3n) is 5.26. The van der Waals surface area contributed by atoms with Gasteiger partial charge in [-0.3, -0.25) is 0 Å². The van der Waals surface area contributed by atoms with Crippen LogP contribution in [0.25, 0.3) is 0 Å². The third kappa shape index (κ3) is 2.81. The van der Waals surface area contributed by atoms with E-state index in [-0.39, 0.29) is 17.4 Å². The summed E-state index contributed by atoms with van der Waals surface area (Å²) < 4.78 is 0. The summed E-state index contributed by atoms with van der Waals surface area (Å²) in [6.45, 7) is 2.77. The number of hydrogen-bond acceptors (Lipinski definition) is 3. The highest BCUT2D eigenvalue weighted by Gasteiger charge is 2.37. The lowest BCUT2D eigenvalue weighted by Gasteiger charge is -2.40. The Morgan fingerprint density at radius 1 is 1.09 bits per heavy atom. The molecule has 0 saturated carbocycles. The minimum atomic E-state index is -0.0414. The number of phenols is 2. The quantitative estimate of drug-likeness (QED) is 0.750. The Morgan fingerprint density at radius 2 is 1.83 bits per heavy atom. The van der Waals surface area contributed by atoms with Crippen LogP contribution in [-0.2, 0) is 6.42 Å². The highest BCUT2D eigenvalue weighted by atomic mass is 16.3. The van der Waals surface area contributed by atoms with E-state index in [2.05, 4.69) is 31.2 Å². The van der Waals surface area contributed by atoms with E-state index in [0.717, 1.165) is 30.4 Å². The lowest BCUT2D eigenvalue weighted by molar-refractivity contribution is 0.297. The number of benzene rings is 2. The Bertz CT molecular complexity index is 669. The summed E-state index contributed by atoms with van der Waals surface area (Å²) in [5, 5.41) is 20.2. The van der Waals surface area contributed by atoms with Gasteiger partial charge in [0.25, 0.3) is 0 Å². The second-order valence-electron chi connectivity index (χ2n) is 6.52. The largest absolute Gasteiger partial charge is 0.504 e. The summed E-state index contributed by atoms with van der Waals surface area (Å²) in [5.41, 5.74) is 9.38. The average Bonchev–Trinajstić information content (AvgIpc) is 2.59. The zero-order valence-electron chi connectivity index (χ0n) is 13.6. The van der Waals surface area contributed by atoms with Gasteiger partial charge in [-0.1, -0.05) is 49.7 Å². The standard InChI is InChI=1S/C20H25NO2/c1-2-6-14-16(13-7-4-3-5-8-13)11-17-15(18(14)12-21)9-10-19(22)20(17)23/h3-5,7-10,14,16,18,22-23H,2,6,11-12,21H2,1H3. The first kappa shape index (κ1) is 15.9. The van der Waals surface area contributed by atoms with Crippen LogP contribution in [0.4, 0.5) is 0 Å². The third-order valence-corrected chi connectivity index (χ3v) is 5.26. The van der Waals surface area contributed by atoms with E-state index in [4.69, 9.17) is 5.73 Å². The molecule has 0 bridgehead atoms. The number of phenolic OH excluding ortho intramolecular Hbond substituents is 2. The molecule has 23 heavy (non-hydrogen) atoms. The topological polar surface area (TPSA) is 66.5 Å². The SMILES string of the molecule is CCCC1C(c2ccccc2)Cc2c(ccc(O)c2O)C1CN. The lowest BCUT2D eigenvalue weighted by Crippen LogP contribution is -2.32. The van der Waals surface area contributed by atoms with Gasteiger partial charge < -0.3 is 15.9 Å². The van der Waals surface area contributed by atoms with Gasteiger partial charge in [-0.25, -0.2) is 0 Å². The van der Waals surface area contributed by atoms with Crippen LogP contribution < -0.4 is 5.73 Å². The lowest BCUT2D eigenvalue weighted by atomic mass is 9.65. The van der Waals surface area contributed by atoms with E-state index in [1.165, 1.54) is 5.56 Å². The smallest absolute Gasteiger partial charge is 0.160 e. The van der Waals surface area contributed by atoms with Crippen molar-refractivity contribution in [3.05, 3.63) is 59.2 Å². The van der Waals surface area contributed by atoms with Crippen molar-refractivity contribution in [2.24, 2.45) is 11.7 Å². The molecule has 3 nitrogen and oxygen atoms in total. The number of hydrogen-bond donors (Lipinski definition) is 3. The Morgan fingerprint density at radius 3 is 2.48 bits per heavy atom. The molecule has 0 spiro atoms. The second kappa shape index (κ2) is 6.63. The zero-order chi connectivity index (χ0) is 16.4. The molecule has 3 rings (SSSR count). The summed E-state index contributed by atoms with van der Waals surface area (Å²) in [6.07, 6.45) is 2.98. The van der Waals surface area contributed by atoms with Gasteiger partial charge in [0.2, 0.25) is 0 Å². The molecular formula is C20H25NO2. The number of rotatable bonds is 4. The molecule has 0 heterocycles. The van der Waals surface area contributed by atoms with Crippen LogP contribution in [0.2, 0.25) is 0 Å². The van der Waals surface area contributed by atoms with Crippen molar-refractivity contribution >= 4 is 0 Å². The Balaban J connectivity index is 2.11. The molecule has 2 aromatic carbocycles. The fraction of sp³-hybridized carbons (Fsp3) is 0.400. The predicted molar refractivity (Wildman–Crippen MR) is 92.9 cm³/mol. The first-order valence-corrected chi connectivity index (χ1v) is 8.46. The molecule has 0 fully saturated rings. The van der Waals surface area contributed by atoms with Crippen LogP contribution in [0.5, 0.6) is 11.5 Å². The molecule has 2 aromatic rings. The fourth-order valence-corrected chi connectivity index (χ4v) is 4.19. The first-order valence-electron chi connectivity index (χ1n) is 8.46. The number of nitrogens with two attached hydrogens (primary N) is 1. The Hall–Kier alpha value is -2.00. The molecule has 122 valence electrons.